The molecule has 1 aliphatic rings. The summed E-state index contributed by atoms with van der Waals surface area (Å²) in [5.41, 5.74) is 3.24. The highest BCUT2D eigenvalue weighted by Gasteiger charge is 2.23. The third-order valence-corrected chi connectivity index (χ3v) is 7.13. The van der Waals surface area contributed by atoms with Crippen molar-refractivity contribution in [2.45, 2.75) is 32.8 Å². The van der Waals surface area contributed by atoms with E-state index in [9.17, 15) is 10.1 Å². The monoisotopic (exact) mass is 453 g/mol. The van der Waals surface area contributed by atoms with Crippen LogP contribution in [0.1, 0.15) is 40.7 Å². The number of H-pyrrole nitrogens is 1. The number of fused-ring (bicyclic) bond motifs is 3. The molecule has 0 unspecified atom stereocenters. The van der Waals surface area contributed by atoms with E-state index < -0.39 is 0 Å². The van der Waals surface area contributed by atoms with Crippen LogP contribution in [0.15, 0.2) is 59.4 Å². The fraction of sp³-hybridized carbons (Fsp3) is 0.222. The molecule has 164 valence electrons. The first-order chi connectivity index (χ1) is 16.1. The van der Waals surface area contributed by atoms with Crippen LogP contribution in [0.5, 0.6) is 5.75 Å². The second-order valence-corrected chi connectivity index (χ2v) is 9.54. The van der Waals surface area contributed by atoms with E-state index in [4.69, 9.17) is 4.74 Å². The van der Waals surface area contributed by atoms with E-state index in [-0.39, 0.29) is 5.56 Å². The Labute approximate surface area is 196 Å². The van der Waals surface area contributed by atoms with E-state index in [1.807, 2.05) is 54.6 Å². The van der Waals surface area contributed by atoms with E-state index in [1.165, 1.54) is 4.88 Å². The summed E-state index contributed by atoms with van der Waals surface area (Å²) in [5, 5.41) is 10.5. The van der Waals surface area contributed by atoms with Gasteiger partial charge in [-0.2, -0.15) is 5.26 Å². The zero-order chi connectivity index (χ0) is 22.8. The van der Waals surface area contributed by atoms with Crippen molar-refractivity contribution in [3.63, 3.8) is 0 Å². The van der Waals surface area contributed by atoms with Crippen molar-refractivity contribution in [2.75, 3.05) is 0 Å². The number of ether oxygens (including phenoxy) is 1. The topological polar surface area (TPSA) is 78.8 Å². The molecule has 5 rings (SSSR count). The minimum absolute atomic E-state index is 0.159. The van der Waals surface area contributed by atoms with Crippen LogP contribution < -0.4 is 10.3 Å². The van der Waals surface area contributed by atoms with Gasteiger partial charge in [0, 0.05) is 4.88 Å². The molecule has 0 bridgehead atoms. The summed E-state index contributed by atoms with van der Waals surface area (Å²) >= 11 is 1.59. The molecule has 5 nitrogen and oxygen atoms in total. The van der Waals surface area contributed by atoms with Crippen LogP contribution in [-0.2, 0) is 19.4 Å². The number of aromatic amines is 1. The van der Waals surface area contributed by atoms with Gasteiger partial charge in [-0.05, 0) is 60.1 Å². The minimum atomic E-state index is -0.159. The number of nitrogens with one attached hydrogen (secondary N) is 1. The highest BCUT2D eigenvalue weighted by atomic mass is 32.1. The number of benzene rings is 2. The first kappa shape index (κ1) is 21.2. The summed E-state index contributed by atoms with van der Waals surface area (Å²) in [5.74, 6) is 1.69. The van der Waals surface area contributed by atoms with Gasteiger partial charge < -0.3 is 9.72 Å². The highest BCUT2D eigenvalue weighted by Crippen LogP contribution is 2.36. The average molecular weight is 454 g/mol. The number of nitrogens with zero attached hydrogens (tertiary/aromatic N) is 2. The Bertz CT molecular complexity index is 1430. The summed E-state index contributed by atoms with van der Waals surface area (Å²) in [6, 6.07) is 19.7. The van der Waals surface area contributed by atoms with Gasteiger partial charge in [0.15, 0.2) is 5.82 Å². The third kappa shape index (κ3) is 4.46. The predicted octanol–water partition coefficient (Wildman–Crippen LogP) is 5.75. The zero-order valence-corrected chi connectivity index (χ0v) is 19.1. The summed E-state index contributed by atoms with van der Waals surface area (Å²) in [4.78, 5) is 22.4. The molecule has 0 radical (unpaired) electrons. The van der Waals surface area contributed by atoms with Crippen LogP contribution in [0.4, 0.5) is 0 Å². The van der Waals surface area contributed by atoms with Gasteiger partial charge in [-0.25, -0.2) is 4.98 Å². The fourth-order valence-electron chi connectivity index (χ4n) is 4.20. The maximum atomic E-state index is 12.9. The van der Waals surface area contributed by atoms with Crippen molar-refractivity contribution in [2.24, 2.45) is 5.92 Å². The van der Waals surface area contributed by atoms with Gasteiger partial charge in [0.2, 0.25) is 0 Å². The second kappa shape index (κ2) is 9.05. The number of aryl methyl sites for hydroxylation is 1. The Balaban J connectivity index is 1.40. The third-order valence-electron chi connectivity index (χ3n) is 5.98. The SMILES string of the molecule is C[C@@H]1CCc2c(sc3nc(/C(C#N)=C\c4ccc(OCc5ccccc5)cc4)[nH]c(=O)c23)C1. The molecular formula is C27H23N3O2S. The van der Waals surface area contributed by atoms with Crippen LogP contribution in [0.3, 0.4) is 0 Å². The number of hydrogen-bond acceptors (Lipinski definition) is 5. The van der Waals surface area contributed by atoms with Crippen molar-refractivity contribution >= 4 is 33.2 Å². The number of thiophene rings is 1. The Hall–Kier alpha value is -3.69. The molecule has 6 heteroatoms. The van der Waals surface area contributed by atoms with E-state index in [0.717, 1.165) is 46.5 Å². The number of aromatic nitrogens is 2. The molecule has 0 amide bonds. The van der Waals surface area contributed by atoms with Crippen LogP contribution in [0.2, 0.25) is 0 Å². The van der Waals surface area contributed by atoms with Crippen molar-refractivity contribution in [3.8, 4) is 11.8 Å². The molecule has 1 atom stereocenters. The Morgan fingerprint density at radius 2 is 2.03 bits per heavy atom. The summed E-state index contributed by atoms with van der Waals surface area (Å²) in [7, 11) is 0. The Morgan fingerprint density at radius 3 is 2.79 bits per heavy atom. The lowest BCUT2D eigenvalue weighted by Gasteiger charge is -2.17. The lowest BCUT2D eigenvalue weighted by atomic mass is 9.89. The number of hydrogen-bond donors (Lipinski definition) is 1. The molecule has 0 saturated carbocycles. The predicted molar refractivity (Wildman–Crippen MR) is 132 cm³/mol. The maximum absolute atomic E-state index is 12.9. The molecule has 33 heavy (non-hydrogen) atoms. The van der Waals surface area contributed by atoms with E-state index in [0.29, 0.717) is 29.3 Å². The summed E-state index contributed by atoms with van der Waals surface area (Å²) in [6.45, 7) is 2.74. The number of rotatable bonds is 5. The first-order valence-corrected chi connectivity index (χ1v) is 11.9. The standard InChI is InChI=1S/C27H23N3O2S/c1-17-7-12-22-23(13-17)33-27-24(22)26(31)29-25(30-27)20(15-28)14-18-8-10-21(11-9-18)32-16-19-5-3-2-4-6-19/h2-6,8-11,14,17H,7,12-13,16H2,1H3,(H,29,30,31)/b20-14-/t17-/m1/s1. The summed E-state index contributed by atoms with van der Waals surface area (Å²) < 4.78 is 5.83. The largest absolute Gasteiger partial charge is 0.489 e. The molecule has 0 saturated heterocycles. The van der Waals surface area contributed by atoms with Crippen molar-refractivity contribution in [3.05, 3.63) is 92.3 Å². The minimum Gasteiger partial charge on any atom is -0.489 e. The lowest BCUT2D eigenvalue weighted by Crippen LogP contribution is -2.14. The second-order valence-electron chi connectivity index (χ2n) is 8.46. The number of allylic oxidation sites excluding steroid dienone is 1. The van der Waals surface area contributed by atoms with Crippen LogP contribution in [-0.4, -0.2) is 9.97 Å². The lowest BCUT2D eigenvalue weighted by molar-refractivity contribution is 0.306. The van der Waals surface area contributed by atoms with E-state index in [1.54, 1.807) is 17.4 Å². The molecule has 2 aromatic carbocycles. The van der Waals surface area contributed by atoms with Crippen molar-refractivity contribution < 1.29 is 4.74 Å². The molecule has 2 heterocycles. The molecule has 0 spiro atoms. The van der Waals surface area contributed by atoms with Crippen molar-refractivity contribution in [1.82, 2.24) is 9.97 Å². The van der Waals surface area contributed by atoms with Gasteiger partial charge in [0.25, 0.3) is 5.56 Å². The number of nitriles is 1. The quantitative estimate of drug-likeness (QED) is 0.390. The average Bonchev–Trinajstić information content (AvgIpc) is 3.20. The molecule has 1 aliphatic carbocycles. The molecular weight excluding hydrogens is 430 g/mol. The van der Waals surface area contributed by atoms with Crippen LogP contribution in [0, 0.1) is 17.2 Å². The zero-order valence-electron chi connectivity index (χ0n) is 18.3. The normalized spacial score (nSPS) is 15.8. The van der Waals surface area contributed by atoms with Gasteiger partial charge in [0.1, 0.15) is 23.3 Å². The first-order valence-electron chi connectivity index (χ1n) is 11.0. The van der Waals surface area contributed by atoms with Gasteiger partial charge in [-0.3, -0.25) is 4.79 Å². The molecule has 0 aliphatic heterocycles. The Morgan fingerprint density at radius 1 is 1.24 bits per heavy atom. The summed E-state index contributed by atoms with van der Waals surface area (Å²) in [6.07, 6.45) is 4.74. The molecule has 4 aromatic rings. The fourth-order valence-corrected chi connectivity index (χ4v) is 5.58. The Kier molecular flexibility index (Phi) is 5.80. The molecule has 0 fully saturated rings. The van der Waals surface area contributed by atoms with E-state index in [2.05, 4.69) is 23.0 Å². The van der Waals surface area contributed by atoms with Crippen molar-refractivity contribution in [1.29, 1.82) is 5.26 Å². The van der Waals surface area contributed by atoms with Crippen LogP contribution in [0.25, 0.3) is 21.9 Å². The molecule has 2 aromatic heterocycles. The smallest absolute Gasteiger partial charge is 0.260 e. The highest BCUT2D eigenvalue weighted by molar-refractivity contribution is 7.18. The van der Waals surface area contributed by atoms with E-state index >= 15 is 0 Å². The van der Waals surface area contributed by atoms with Gasteiger partial charge in [0.05, 0.1) is 11.0 Å². The van der Waals surface area contributed by atoms with Gasteiger partial charge in [-0.15, -0.1) is 11.3 Å². The van der Waals surface area contributed by atoms with Crippen LogP contribution >= 0.6 is 11.3 Å². The van der Waals surface area contributed by atoms with Gasteiger partial charge >= 0.3 is 0 Å². The maximum Gasteiger partial charge on any atom is 0.260 e. The molecule has 1 N–H and O–H groups in total. The van der Waals surface area contributed by atoms with Gasteiger partial charge in [-0.1, -0.05) is 49.4 Å².